The van der Waals surface area contributed by atoms with Crippen LogP contribution in [0.5, 0.6) is 0 Å². The van der Waals surface area contributed by atoms with Crippen LogP contribution >= 0.6 is 0 Å². The lowest BCUT2D eigenvalue weighted by Gasteiger charge is -2.23. The van der Waals surface area contributed by atoms with E-state index in [4.69, 9.17) is 14.9 Å². The number of ether oxygens (including phenoxy) is 1. The number of Topliss-reactive ketones (excluding diaryl/α,β-unsaturated/α-hetero) is 1. The first kappa shape index (κ1) is 27.7. The lowest BCUT2D eigenvalue weighted by molar-refractivity contribution is -0.112. The number of aromatic nitrogens is 6. The maximum Gasteiger partial charge on any atom is 0.296 e. The van der Waals surface area contributed by atoms with Gasteiger partial charge in [0.15, 0.2) is 12.1 Å². The van der Waals surface area contributed by atoms with Crippen molar-refractivity contribution < 1.29 is 14.3 Å². The molecule has 3 aromatic heterocycles. The Morgan fingerprint density at radius 1 is 0.848 bits per heavy atom. The maximum atomic E-state index is 13.1. The Balaban J connectivity index is 1.15. The number of ketones is 1. The minimum atomic E-state index is -0.713. The quantitative estimate of drug-likeness (QED) is 0.149. The summed E-state index contributed by atoms with van der Waals surface area (Å²) in [6, 6.07) is 30.7. The molecule has 0 spiro atoms. The third kappa shape index (κ3) is 5.04. The van der Waals surface area contributed by atoms with Gasteiger partial charge in [0.25, 0.3) is 11.7 Å². The number of carbonyl (C=O) groups excluding carboxylic acids is 2. The molecule has 0 bridgehead atoms. The van der Waals surface area contributed by atoms with Crippen molar-refractivity contribution in [2.45, 2.75) is 25.5 Å². The third-order valence-electron chi connectivity index (χ3n) is 8.34. The van der Waals surface area contributed by atoms with Gasteiger partial charge < -0.3 is 15.0 Å². The van der Waals surface area contributed by atoms with Crippen molar-refractivity contribution >= 4 is 39.2 Å². The molecule has 1 aliphatic rings. The van der Waals surface area contributed by atoms with Gasteiger partial charge in [0.05, 0.1) is 16.8 Å². The van der Waals surface area contributed by atoms with Crippen LogP contribution in [0.3, 0.4) is 0 Å². The molecule has 226 valence electrons. The topological polar surface area (TPSA) is 120 Å². The van der Waals surface area contributed by atoms with E-state index in [-0.39, 0.29) is 6.23 Å². The van der Waals surface area contributed by atoms with Gasteiger partial charge in [-0.05, 0) is 67.8 Å². The highest BCUT2D eigenvalue weighted by atomic mass is 16.5. The predicted octanol–water partition coefficient (Wildman–Crippen LogP) is 6.95. The molecule has 1 atom stereocenters. The Hall–Kier alpha value is -5.87. The molecule has 1 aliphatic heterocycles. The number of anilines is 1. The van der Waals surface area contributed by atoms with Gasteiger partial charge in [0, 0.05) is 45.9 Å². The monoisotopic (exact) mass is 607 g/mol. The number of nitrogens with zero attached hydrogens (tertiary/aromatic N) is 5. The Labute approximate surface area is 263 Å². The van der Waals surface area contributed by atoms with Gasteiger partial charge in [-0.2, -0.15) is 5.10 Å². The number of amides is 1. The molecule has 4 heterocycles. The summed E-state index contributed by atoms with van der Waals surface area (Å²) in [4.78, 5) is 33.9. The molecule has 7 aromatic rings. The molecule has 1 saturated heterocycles. The molecule has 0 saturated carbocycles. The predicted molar refractivity (Wildman–Crippen MR) is 176 cm³/mol. The Morgan fingerprint density at radius 2 is 1.72 bits per heavy atom. The second kappa shape index (κ2) is 11.6. The summed E-state index contributed by atoms with van der Waals surface area (Å²) in [5.41, 5.74) is 5.84. The van der Waals surface area contributed by atoms with E-state index in [2.05, 4.69) is 15.3 Å². The minimum Gasteiger partial charge on any atom is -0.360 e. The summed E-state index contributed by atoms with van der Waals surface area (Å²) in [6.45, 7) is 0.687. The van der Waals surface area contributed by atoms with Crippen molar-refractivity contribution in [3.05, 3.63) is 115 Å². The fourth-order valence-electron chi connectivity index (χ4n) is 6.04. The molecule has 1 fully saturated rings. The molecular formula is C36H29N7O3. The zero-order chi connectivity index (χ0) is 31.0. The fourth-order valence-corrected chi connectivity index (χ4v) is 6.04. The molecule has 10 heteroatoms. The summed E-state index contributed by atoms with van der Waals surface area (Å²) in [5.74, 6) is -0.732. The summed E-state index contributed by atoms with van der Waals surface area (Å²) in [7, 11) is 0. The summed E-state index contributed by atoms with van der Waals surface area (Å²) >= 11 is 0. The molecule has 8 rings (SSSR count). The highest BCUT2D eigenvalue weighted by molar-refractivity contribution is 6.48. The average molecular weight is 608 g/mol. The van der Waals surface area contributed by atoms with Crippen LogP contribution in [0.15, 0.2) is 110 Å². The van der Waals surface area contributed by atoms with Gasteiger partial charge in [0.2, 0.25) is 0 Å². The number of rotatable bonds is 7. The number of H-pyrrole nitrogens is 1. The van der Waals surface area contributed by atoms with Gasteiger partial charge in [-0.3, -0.25) is 9.59 Å². The lowest BCUT2D eigenvalue weighted by atomic mass is 10.0. The van der Waals surface area contributed by atoms with E-state index in [1.54, 1.807) is 23.3 Å². The summed E-state index contributed by atoms with van der Waals surface area (Å²) in [6.07, 6.45) is 6.06. The van der Waals surface area contributed by atoms with E-state index < -0.39 is 11.7 Å². The highest BCUT2D eigenvalue weighted by Crippen LogP contribution is 2.35. The lowest BCUT2D eigenvalue weighted by Crippen LogP contribution is -2.22. The van der Waals surface area contributed by atoms with Crippen LogP contribution in [0, 0.1) is 0 Å². The SMILES string of the molecule is O=C(Nc1cccc(-c2nn(C3CCCCO3)c3ccc(-c4ncn(-c5ccccc5)n4)cc23)c1)C(=O)c1c[nH]c2ccccc12. The molecule has 0 radical (unpaired) electrons. The first-order chi connectivity index (χ1) is 22.6. The van der Waals surface area contributed by atoms with Crippen LogP contribution < -0.4 is 5.32 Å². The van der Waals surface area contributed by atoms with E-state index in [9.17, 15) is 9.59 Å². The van der Waals surface area contributed by atoms with E-state index in [1.807, 2.05) is 95.7 Å². The van der Waals surface area contributed by atoms with Crippen LogP contribution in [-0.4, -0.2) is 47.8 Å². The molecule has 1 unspecified atom stereocenters. The van der Waals surface area contributed by atoms with Crippen molar-refractivity contribution in [2.75, 3.05) is 11.9 Å². The van der Waals surface area contributed by atoms with Crippen molar-refractivity contribution in [1.82, 2.24) is 29.5 Å². The first-order valence-corrected chi connectivity index (χ1v) is 15.3. The van der Waals surface area contributed by atoms with Crippen LogP contribution in [0.2, 0.25) is 0 Å². The largest absolute Gasteiger partial charge is 0.360 e. The second-order valence-electron chi connectivity index (χ2n) is 11.3. The average Bonchev–Trinajstić information content (AvgIpc) is 3.86. The number of para-hydroxylation sites is 2. The van der Waals surface area contributed by atoms with Crippen molar-refractivity contribution in [3.8, 4) is 28.3 Å². The Kier molecular flexibility index (Phi) is 6.96. The normalized spacial score (nSPS) is 14.9. The van der Waals surface area contributed by atoms with Crippen molar-refractivity contribution in [3.63, 3.8) is 0 Å². The van der Waals surface area contributed by atoms with E-state index >= 15 is 0 Å². The zero-order valence-electron chi connectivity index (χ0n) is 24.8. The smallest absolute Gasteiger partial charge is 0.296 e. The number of carbonyl (C=O) groups is 2. The van der Waals surface area contributed by atoms with Gasteiger partial charge in [0.1, 0.15) is 12.0 Å². The molecule has 2 N–H and O–H groups in total. The molecular weight excluding hydrogens is 578 g/mol. The number of hydrogen-bond donors (Lipinski definition) is 2. The van der Waals surface area contributed by atoms with E-state index in [1.165, 1.54) is 0 Å². The number of aromatic amines is 1. The van der Waals surface area contributed by atoms with Crippen molar-refractivity contribution in [1.29, 1.82) is 0 Å². The Morgan fingerprint density at radius 3 is 2.59 bits per heavy atom. The van der Waals surface area contributed by atoms with Gasteiger partial charge in [-0.25, -0.2) is 14.3 Å². The number of benzene rings is 4. The standard InChI is InChI=1S/C36H29N7O3/c44-34(29-21-37-30-14-5-4-13-27(29)30)36(45)39-25-10-8-9-23(19-25)33-28-20-24(35-38-22-42(41-35)26-11-2-1-3-12-26)16-17-31(28)43(40-33)32-15-6-7-18-46-32/h1-5,8-14,16-17,19-22,32,37H,6-7,15,18H2,(H,39,45). The molecule has 1 amide bonds. The van der Waals surface area contributed by atoms with Crippen LogP contribution in [0.4, 0.5) is 5.69 Å². The maximum absolute atomic E-state index is 13.1. The van der Waals surface area contributed by atoms with Crippen LogP contribution in [0.25, 0.3) is 50.1 Å². The van der Waals surface area contributed by atoms with Gasteiger partial charge in [-0.1, -0.05) is 48.5 Å². The summed E-state index contributed by atoms with van der Waals surface area (Å²) < 4.78 is 9.84. The summed E-state index contributed by atoms with van der Waals surface area (Å²) in [5, 5.41) is 14.2. The highest BCUT2D eigenvalue weighted by Gasteiger charge is 2.24. The molecule has 0 aliphatic carbocycles. The third-order valence-corrected chi connectivity index (χ3v) is 8.34. The first-order valence-electron chi connectivity index (χ1n) is 15.3. The minimum absolute atomic E-state index is 0.178. The second-order valence-corrected chi connectivity index (χ2v) is 11.3. The van der Waals surface area contributed by atoms with E-state index in [0.29, 0.717) is 29.1 Å². The van der Waals surface area contributed by atoms with Crippen LogP contribution in [0.1, 0.15) is 35.8 Å². The molecule has 4 aromatic carbocycles. The van der Waals surface area contributed by atoms with Gasteiger partial charge >= 0.3 is 0 Å². The van der Waals surface area contributed by atoms with Gasteiger partial charge in [-0.15, -0.1) is 5.10 Å². The number of hydrogen-bond acceptors (Lipinski definition) is 6. The fraction of sp³-hybridized carbons (Fsp3) is 0.139. The van der Waals surface area contributed by atoms with E-state index in [0.717, 1.165) is 58.2 Å². The van der Waals surface area contributed by atoms with Crippen LogP contribution in [-0.2, 0) is 9.53 Å². The zero-order valence-corrected chi connectivity index (χ0v) is 24.8. The van der Waals surface area contributed by atoms with Crippen molar-refractivity contribution in [2.24, 2.45) is 0 Å². The number of nitrogens with one attached hydrogen (secondary N) is 2. The molecule has 46 heavy (non-hydrogen) atoms. The molecule has 10 nitrogen and oxygen atoms in total. The number of fused-ring (bicyclic) bond motifs is 2. The Bertz CT molecular complexity index is 2220.